The van der Waals surface area contributed by atoms with Gasteiger partial charge >= 0.3 is 6.18 Å². The van der Waals surface area contributed by atoms with Gasteiger partial charge in [0.05, 0.1) is 6.42 Å². The first kappa shape index (κ1) is 14.0. The van der Waals surface area contributed by atoms with Crippen LogP contribution in [0.15, 0.2) is 35.5 Å². The van der Waals surface area contributed by atoms with E-state index in [1.807, 2.05) is 19.9 Å². The Labute approximate surface area is 89.2 Å². The van der Waals surface area contributed by atoms with Gasteiger partial charge in [-0.25, -0.2) is 0 Å². The van der Waals surface area contributed by atoms with Crippen LogP contribution in [0.5, 0.6) is 0 Å². The Hall–Kier alpha value is -0.990. The molecule has 3 heteroatoms. The number of rotatable bonds is 1. The summed E-state index contributed by atoms with van der Waals surface area (Å²) in [5, 5.41) is 0. The standard InChI is InChI=1S/C10H11F3.C2H6/c1-8-4-2-3-5-9(6-8)7-10(11,12)13;1-2/h2-4,6H,5,7H2,1H3;1-2H3. The second-order valence-corrected chi connectivity index (χ2v) is 3.14. The van der Waals surface area contributed by atoms with E-state index in [-0.39, 0.29) is 0 Å². The first-order valence-corrected chi connectivity index (χ1v) is 5.07. The monoisotopic (exact) mass is 218 g/mol. The van der Waals surface area contributed by atoms with Crippen LogP contribution in [0.25, 0.3) is 0 Å². The van der Waals surface area contributed by atoms with E-state index < -0.39 is 12.6 Å². The Morgan fingerprint density at radius 3 is 2.40 bits per heavy atom. The van der Waals surface area contributed by atoms with Gasteiger partial charge in [-0.05, 0) is 13.3 Å². The van der Waals surface area contributed by atoms with E-state index in [0.717, 1.165) is 5.57 Å². The van der Waals surface area contributed by atoms with Crippen molar-refractivity contribution in [1.82, 2.24) is 0 Å². The molecular formula is C12H17F3. The molecule has 15 heavy (non-hydrogen) atoms. The summed E-state index contributed by atoms with van der Waals surface area (Å²) in [5.41, 5.74) is 1.29. The molecule has 0 aromatic rings. The third-order valence-corrected chi connectivity index (χ3v) is 1.73. The molecule has 0 atom stereocenters. The Balaban J connectivity index is 0.000000921. The number of alkyl halides is 3. The van der Waals surface area contributed by atoms with Gasteiger partial charge in [0.2, 0.25) is 0 Å². The van der Waals surface area contributed by atoms with Crippen molar-refractivity contribution in [2.45, 2.75) is 39.8 Å². The van der Waals surface area contributed by atoms with Crippen molar-refractivity contribution in [1.29, 1.82) is 0 Å². The number of allylic oxidation sites excluding steroid dienone is 6. The third-order valence-electron chi connectivity index (χ3n) is 1.73. The van der Waals surface area contributed by atoms with E-state index in [2.05, 4.69) is 0 Å². The zero-order chi connectivity index (χ0) is 11.9. The highest BCUT2D eigenvalue weighted by atomic mass is 19.4. The largest absolute Gasteiger partial charge is 0.392 e. The van der Waals surface area contributed by atoms with Gasteiger partial charge in [0.1, 0.15) is 0 Å². The molecule has 0 aromatic carbocycles. The molecule has 0 saturated heterocycles. The van der Waals surface area contributed by atoms with Crippen molar-refractivity contribution < 1.29 is 13.2 Å². The highest BCUT2D eigenvalue weighted by molar-refractivity contribution is 5.30. The highest BCUT2D eigenvalue weighted by Gasteiger charge is 2.28. The Kier molecular flexibility index (Phi) is 6.06. The molecule has 0 amide bonds. The van der Waals surface area contributed by atoms with Crippen molar-refractivity contribution in [3.05, 3.63) is 35.5 Å². The van der Waals surface area contributed by atoms with Gasteiger partial charge in [-0.1, -0.05) is 49.3 Å². The van der Waals surface area contributed by atoms with Gasteiger partial charge in [-0.15, -0.1) is 0 Å². The maximum Gasteiger partial charge on any atom is 0.392 e. The second-order valence-electron chi connectivity index (χ2n) is 3.14. The fraction of sp³-hybridized carbons (Fsp3) is 0.500. The van der Waals surface area contributed by atoms with Gasteiger partial charge in [0, 0.05) is 0 Å². The lowest BCUT2D eigenvalue weighted by atomic mass is 10.1. The SMILES string of the molecule is CC.CC1=CC=CCC(CC(F)(F)F)=C1. The highest BCUT2D eigenvalue weighted by Crippen LogP contribution is 2.27. The van der Waals surface area contributed by atoms with Gasteiger partial charge in [-0.3, -0.25) is 0 Å². The molecule has 1 aliphatic rings. The van der Waals surface area contributed by atoms with Gasteiger partial charge in [0.15, 0.2) is 0 Å². The Bertz CT molecular complexity index is 267. The molecule has 86 valence electrons. The van der Waals surface area contributed by atoms with Crippen LogP contribution in [0.3, 0.4) is 0 Å². The molecule has 0 saturated carbocycles. The molecule has 0 aliphatic heterocycles. The Morgan fingerprint density at radius 1 is 1.27 bits per heavy atom. The van der Waals surface area contributed by atoms with Crippen LogP contribution in [0.4, 0.5) is 13.2 Å². The molecule has 0 nitrogen and oxygen atoms in total. The minimum atomic E-state index is -4.09. The maximum absolute atomic E-state index is 12.0. The summed E-state index contributed by atoms with van der Waals surface area (Å²) >= 11 is 0. The number of hydrogen-bond donors (Lipinski definition) is 0. The van der Waals surface area contributed by atoms with Crippen LogP contribution >= 0.6 is 0 Å². The van der Waals surface area contributed by atoms with Crippen LogP contribution < -0.4 is 0 Å². The van der Waals surface area contributed by atoms with Gasteiger partial charge < -0.3 is 0 Å². The molecule has 0 aromatic heterocycles. The summed E-state index contributed by atoms with van der Waals surface area (Å²) in [7, 11) is 0. The number of halogens is 3. The number of hydrogen-bond acceptors (Lipinski definition) is 0. The lowest BCUT2D eigenvalue weighted by molar-refractivity contribution is -0.127. The molecule has 1 aliphatic carbocycles. The molecule has 0 spiro atoms. The first-order valence-electron chi connectivity index (χ1n) is 5.07. The minimum absolute atomic E-state index is 0.396. The quantitative estimate of drug-likeness (QED) is 0.593. The zero-order valence-corrected chi connectivity index (χ0v) is 9.36. The van der Waals surface area contributed by atoms with Crippen molar-refractivity contribution in [3.63, 3.8) is 0 Å². The van der Waals surface area contributed by atoms with Gasteiger partial charge in [0.25, 0.3) is 0 Å². The summed E-state index contributed by atoms with van der Waals surface area (Å²) in [4.78, 5) is 0. The Morgan fingerprint density at radius 2 is 1.87 bits per heavy atom. The van der Waals surface area contributed by atoms with Crippen LogP contribution in [0.1, 0.15) is 33.6 Å². The van der Waals surface area contributed by atoms with E-state index in [1.165, 1.54) is 0 Å². The van der Waals surface area contributed by atoms with E-state index in [1.54, 1.807) is 25.2 Å². The van der Waals surface area contributed by atoms with Crippen molar-refractivity contribution in [2.24, 2.45) is 0 Å². The predicted molar refractivity (Wildman–Crippen MR) is 57.6 cm³/mol. The van der Waals surface area contributed by atoms with Crippen molar-refractivity contribution in [2.75, 3.05) is 0 Å². The molecule has 0 N–H and O–H groups in total. The molecule has 0 bridgehead atoms. The molecule has 0 unspecified atom stereocenters. The topological polar surface area (TPSA) is 0 Å². The lowest BCUT2D eigenvalue weighted by Gasteiger charge is -2.08. The third kappa shape index (κ3) is 7.00. The summed E-state index contributed by atoms with van der Waals surface area (Å²) < 4.78 is 36.0. The predicted octanol–water partition coefficient (Wildman–Crippen LogP) is 4.80. The molecule has 0 radical (unpaired) electrons. The van der Waals surface area contributed by atoms with Gasteiger partial charge in [-0.2, -0.15) is 13.2 Å². The molecular weight excluding hydrogens is 201 g/mol. The van der Waals surface area contributed by atoms with E-state index in [4.69, 9.17) is 0 Å². The van der Waals surface area contributed by atoms with Crippen LogP contribution in [0.2, 0.25) is 0 Å². The average molecular weight is 218 g/mol. The normalized spacial score (nSPS) is 15.9. The molecule has 0 heterocycles. The fourth-order valence-electron chi connectivity index (χ4n) is 1.25. The van der Waals surface area contributed by atoms with E-state index in [9.17, 15) is 13.2 Å². The van der Waals surface area contributed by atoms with E-state index in [0.29, 0.717) is 12.0 Å². The zero-order valence-electron chi connectivity index (χ0n) is 9.36. The van der Waals surface area contributed by atoms with E-state index >= 15 is 0 Å². The first-order chi connectivity index (χ1) is 6.97. The summed E-state index contributed by atoms with van der Waals surface area (Å²) in [6.45, 7) is 5.80. The molecule has 0 fully saturated rings. The molecule has 1 rings (SSSR count). The summed E-state index contributed by atoms with van der Waals surface area (Å²) in [6.07, 6.45) is 2.44. The average Bonchev–Trinajstić information content (AvgIpc) is 2.30. The van der Waals surface area contributed by atoms with Crippen LogP contribution in [-0.2, 0) is 0 Å². The summed E-state index contributed by atoms with van der Waals surface area (Å²) in [6, 6.07) is 0. The summed E-state index contributed by atoms with van der Waals surface area (Å²) in [5.74, 6) is 0. The minimum Gasteiger partial charge on any atom is -0.171 e. The second kappa shape index (κ2) is 6.49. The fourth-order valence-corrected chi connectivity index (χ4v) is 1.25. The van der Waals surface area contributed by atoms with Crippen molar-refractivity contribution in [3.8, 4) is 0 Å². The van der Waals surface area contributed by atoms with Crippen LogP contribution in [0, 0.1) is 0 Å². The maximum atomic E-state index is 12.0. The van der Waals surface area contributed by atoms with Crippen LogP contribution in [-0.4, -0.2) is 6.18 Å². The lowest BCUT2D eigenvalue weighted by Crippen LogP contribution is -2.08. The van der Waals surface area contributed by atoms with Crippen molar-refractivity contribution >= 4 is 0 Å². The smallest absolute Gasteiger partial charge is 0.171 e.